The van der Waals surface area contributed by atoms with E-state index in [4.69, 9.17) is 0 Å². The van der Waals surface area contributed by atoms with Gasteiger partial charge in [-0.1, -0.05) is 12.1 Å². The van der Waals surface area contributed by atoms with E-state index in [2.05, 4.69) is 23.3 Å². The normalized spacial score (nSPS) is 31.8. The van der Waals surface area contributed by atoms with Crippen LogP contribution in [0.15, 0.2) is 42.6 Å². The first kappa shape index (κ1) is 16.0. The summed E-state index contributed by atoms with van der Waals surface area (Å²) in [7, 11) is 0. The van der Waals surface area contributed by atoms with Crippen molar-refractivity contribution >= 4 is 5.91 Å². The van der Waals surface area contributed by atoms with Gasteiger partial charge in [-0.15, -0.1) is 0 Å². The van der Waals surface area contributed by atoms with Gasteiger partial charge >= 0.3 is 0 Å². The molecular formula is C23H26N2O. The number of nitrogens with one attached hydrogen (secondary N) is 1. The van der Waals surface area contributed by atoms with Gasteiger partial charge < -0.3 is 5.32 Å². The van der Waals surface area contributed by atoms with Crippen molar-refractivity contribution in [1.82, 2.24) is 10.3 Å². The van der Waals surface area contributed by atoms with Gasteiger partial charge in [0.25, 0.3) is 5.91 Å². The molecule has 1 N–H and O–H groups in total. The number of hydrogen-bond donors (Lipinski definition) is 1. The minimum atomic E-state index is 0.0891. The van der Waals surface area contributed by atoms with Gasteiger partial charge in [0.1, 0.15) is 0 Å². The first-order chi connectivity index (χ1) is 12.7. The molecule has 3 heteroatoms. The second kappa shape index (κ2) is 6.22. The lowest BCUT2D eigenvalue weighted by molar-refractivity contribution is -0.0119. The number of carbonyl (C=O) groups is 1. The molecule has 0 unspecified atom stereocenters. The number of carbonyl (C=O) groups excluding carboxylic acids is 1. The van der Waals surface area contributed by atoms with Gasteiger partial charge in [-0.2, -0.15) is 0 Å². The van der Waals surface area contributed by atoms with E-state index in [1.54, 1.807) is 0 Å². The second-order valence-electron chi connectivity index (χ2n) is 8.73. The van der Waals surface area contributed by atoms with Crippen molar-refractivity contribution in [3.8, 4) is 11.3 Å². The number of nitrogens with zero attached hydrogens (tertiary/aromatic N) is 1. The van der Waals surface area contributed by atoms with Crippen LogP contribution in [0.3, 0.4) is 0 Å². The highest BCUT2D eigenvalue weighted by Gasteiger charge is 2.48. The molecule has 3 nitrogen and oxygen atoms in total. The van der Waals surface area contributed by atoms with Crippen LogP contribution in [-0.2, 0) is 0 Å². The van der Waals surface area contributed by atoms with Gasteiger partial charge in [0.15, 0.2) is 0 Å². The van der Waals surface area contributed by atoms with Crippen molar-refractivity contribution in [2.75, 3.05) is 0 Å². The second-order valence-corrected chi connectivity index (χ2v) is 8.73. The lowest BCUT2D eigenvalue weighted by atomic mass is 9.54. The molecule has 26 heavy (non-hydrogen) atoms. The summed E-state index contributed by atoms with van der Waals surface area (Å²) < 4.78 is 0. The standard InChI is InChI=1S/C23H26N2O/c1-14-6-7-24-21(8-14)17-2-4-18(5-3-17)23(26)25-22-19-10-15-9-16(12-19)13-20(22)11-15/h2-8,15-16,19-20,22H,9-13H2,1H3,(H,25,26). The molecule has 0 spiro atoms. The highest BCUT2D eigenvalue weighted by Crippen LogP contribution is 2.53. The van der Waals surface area contributed by atoms with E-state index in [9.17, 15) is 4.79 Å². The summed E-state index contributed by atoms with van der Waals surface area (Å²) in [5.41, 5.74) is 3.96. The highest BCUT2D eigenvalue weighted by molar-refractivity contribution is 5.94. The van der Waals surface area contributed by atoms with Crippen LogP contribution in [-0.4, -0.2) is 16.9 Å². The number of benzene rings is 1. The summed E-state index contributed by atoms with van der Waals surface area (Å²) in [6, 6.07) is 12.4. The predicted octanol–water partition coefficient (Wildman–Crippen LogP) is 4.61. The van der Waals surface area contributed by atoms with E-state index in [-0.39, 0.29) is 5.91 Å². The number of rotatable bonds is 3. The molecule has 4 bridgehead atoms. The van der Waals surface area contributed by atoms with Crippen LogP contribution in [0.2, 0.25) is 0 Å². The Morgan fingerprint density at radius 3 is 2.23 bits per heavy atom. The van der Waals surface area contributed by atoms with E-state index in [1.807, 2.05) is 36.5 Å². The summed E-state index contributed by atoms with van der Waals surface area (Å²) in [5, 5.41) is 3.39. The average molecular weight is 346 g/mol. The summed E-state index contributed by atoms with van der Waals surface area (Å²) in [6.45, 7) is 2.07. The molecule has 1 aromatic carbocycles. The molecule has 4 saturated carbocycles. The van der Waals surface area contributed by atoms with E-state index < -0.39 is 0 Å². The molecule has 0 saturated heterocycles. The van der Waals surface area contributed by atoms with Gasteiger partial charge in [-0.3, -0.25) is 9.78 Å². The molecule has 0 radical (unpaired) electrons. The van der Waals surface area contributed by atoms with Crippen molar-refractivity contribution in [2.45, 2.75) is 45.1 Å². The third-order valence-electron chi connectivity index (χ3n) is 6.88. The van der Waals surface area contributed by atoms with E-state index in [0.717, 1.165) is 28.7 Å². The summed E-state index contributed by atoms with van der Waals surface area (Å²) >= 11 is 0. The number of hydrogen-bond acceptors (Lipinski definition) is 2. The maximum atomic E-state index is 12.8. The van der Waals surface area contributed by atoms with Gasteiger partial charge in [0.05, 0.1) is 5.69 Å². The lowest BCUT2D eigenvalue weighted by Gasteiger charge is -2.54. The van der Waals surface area contributed by atoms with Crippen LogP contribution in [0.5, 0.6) is 0 Å². The number of aromatic nitrogens is 1. The van der Waals surface area contributed by atoms with Gasteiger partial charge in [0, 0.05) is 23.4 Å². The lowest BCUT2D eigenvalue weighted by Crippen LogP contribution is -2.55. The fraction of sp³-hybridized carbons (Fsp3) is 0.478. The van der Waals surface area contributed by atoms with Crippen molar-refractivity contribution in [1.29, 1.82) is 0 Å². The van der Waals surface area contributed by atoms with E-state index in [0.29, 0.717) is 17.9 Å². The van der Waals surface area contributed by atoms with Crippen molar-refractivity contribution in [3.63, 3.8) is 0 Å². The smallest absolute Gasteiger partial charge is 0.251 e. The van der Waals surface area contributed by atoms with E-state index >= 15 is 0 Å². The zero-order valence-electron chi connectivity index (χ0n) is 15.3. The molecule has 134 valence electrons. The van der Waals surface area contributed by atoms with E-state index in [1.165, 1.54) is 37.7 Å². The molecule has 6 rings (SSSR count). The Morgan fingerprint density at radius 2 is 1.62 bits per heavy atom. The topological polar surface area (TPSA) is 42.0 Å². The average Bonchev–Trinajstić information content (AvgIpc) is 2.64. The Morgan fingerprint density at radius 1 is 0.962 bits per heavy atom. The molecule has 1 amide bonds. The Labute approximate surface area is 155 Å². The maximum Gasteiger partial charge on any atom is 0.251 e. The first-order valence-corrected chi connectivity index (χ1v) is 9.99. The van der Waals surface area contributed by atoms with Crippen molar-refractivity contribution in [2.24, 2.45) is 23.7 Å². The SMILES string of the molecule is Cc1ccnc(-c2ccc(C(=O)NC3C4CC5CC(C4)CC3C5)cc2)c1. The van der Waals surface area contributed by atoms with Gasteiger partial charge in [0.2, 0.25) is 0 Å². The summed E-state index contributed by atoms with van der Waals surface area (Å²) in [4.78, 5) is 17.2. The Kier molecular flexibility index (Phi) is 3.84. The third-order valence-corrected chi connectivity index (χ3v) is 6.88. The molecule has 0 aliphatic heterocycles. The third kappa shape index (κ3) is 2.84. The highest BCUT2D eigenvalue weighted by atomic mass is 16.1. The Bertz CT molecular complexity index is 798. The molecule has 1 heterocycles. The zero-order chi connectivity index (χ0) is 17.7. The molecule has 2 aromatic rings. The van der Waals surface area contributed by atoms with Crippen LogP contribution < -0.4 is 5.32 Å². The molecular weight excluding hydrogens is 320 g/mol. The van der Waals surface area contributed by atoms with Crippen LogP contribution in [0.4, 0.5) is 0 Å². The molecule has 4 aliphatic rings. The number of pyridine rings is 1. The minimum absolute atomic E-state index is 0.0891. The molecule has 0 atom stereocenters. The number of amides is 1. The minimum Gasteiger partial charge on any atom is -0.349 e. The quantitative estimate of drug-likeness (QED) is 0.882. The Hall–Kier alpha value is -2.16. The van der Waals surface area contributed by atoms with Crippen molar-refractivity contribution < 1.29 is 4.79 Å². The fourth-order valence-electron chi connectivity index (χ4n) is 5.88. The van der Waals surface area contributed by atoms with Gasteiger partial charge in [-0.05, 0) is 92.5 Å². The van der Waals surface area contributed by atoms with Gasteiger partial charge in [-0.25, -0.2) is 0 Å². The molecule has 4 aliphatic carbocycles. The monoisotopic (exact) mass is 346 g/mol. The largest absolute Gasteiger partial charge is 0.349 e. The van der Waals surface area contributed by atoms with Crippen LogP contribution in [0, 0.1) is 30.6 Å². The maximum absolute atomic E-state index is 12.8. The fourth-order valence-corrected chi connectivity index (χ4v) is 5.88. The van der Waals surface area contributed by atoms with Crippen molar-refractivity contribution in [3.05, 3.63) is 53.7 Å². The Balaban J connectivity index is 1.30. The summed E-state index contributed by atoms with van der Waals surface area (Å²) in [5.74, 6) is 3.39. The van der Waals surface area contributed by atoms with Crippen LogP contribution in [0.25, 0.3) is 11.3 Å². The zero-order valence-corrected chi connectivity index (χ0v) is 15.3. The predicted molar refractivity (Wildman–Crippen MR) is 103 cm³/mol. The molecule has 1 aromatic heterocycles. The van der Waals surface area contributed by atoms with Crippen LogP contribution >= 0.6 is 0 Å². The summed E-state index contributed by atoms with van der Waals surface area (Å²) in [6.07, 6.45) is 8.59. The molecule has 4 fully saturated rings. The number of aryl methyl sites for hydroxylation is 1. The van der Waals surface area contributed by atoms with Crippen LogP contribution in [0.1, 0.15) is 48.0 Å². The first-order valence-electron chi connectivity index (χ1n) is 9.99.